The number of nitrogens with zero attached hydrogens (tertiary/aromatic N) is 1. The number of aromatic carboxylic acids is 1. The first kappa shape index (κ1) is 19.2. The maximum atomic E-state index is 12.5. The van der Waals surface area contributed by atoms with E-state index >= 15 is 0 Å². The molecule has 3 rings (SSSR count). The fraction of sp³-hybridized carbons (Fsp3) is 0.250. The van der Waals surface area contributed by atoms with Gasteiger partial charge in [0, 0.05) is 13.0 Å². The number of carbonyl (C=O) groups is 3. The van der Waals surface area contributed by atoms with Crippen LogP contribution in [-0.4, -0.2) is 42.6 Å². The molecule has 0 aliphatic carbocycles. The summed E-state index contributed by atoms with van der Waals surface area (Å²) in [5, 5.41) is 11.7. The smallest absolute Gasteiger partial charge is 0.335 e. The van der Waals surface area contributed by atoms with Gasteiger partial charge in [-0.05, 0) is 37.3 Å². The largest absolute Gasteiger partial charge is 0.495 e. The first-order valence-corrected chi connectivity index (χ1v) is 8.69. The number of rotatable bonds is 6. The minimum atomic E-state index is -1.09. The van der Waals surface area contributed by atoms with E-state index in [2.05, 4.69) is 5.32 Å². The van der Waals surface area contributed by atoms with Crippen LogP contribution in [0.25, 0.3) is 0 Å². The summed E-state index contributed by atoms with van der Waals surface area (Å²) < 4.78 is 10.7. The van der Waals surface area contributed by atoms with Gasteiger partial charge in [0.25, 0.3) is 5.91 Å². The summed E-state index contributed by atoms with van der Waals surface area (Å²) in [4.78, 5) is 37.4. The molecule has 0 bridgehead atoms. The Hall–Kier alpha value is -3.55. The molecule has 1 aliphatic heterocycles. The van der Waals surface area contributed by atoms with Gasteiger partial charge >= 0.3 is 5.97 Å². The highest BCUT2D eigenvalue weighted by molar-refractivity contribution is 6.01. The summed E-state index contributed by atoms with van der Waals surface area (Å²) in [5.74, 6) is -0.786. The van der Waals surface area contributed by atoms with Crippen LogP contribution in [0, 0.1) is 0 Å². The van der Waals surface area contributed by atoms with Crippen LogP contribution >= 0.6 is 0 Å². The number of carbonyl (C=O) groups excluding carboxylic acids is 2. The standard InChI is InChI=1S/C20H20N2O6/c1-12-19(24)22(15-5-3-4-6-16(15)28-12)10-9-18(23)21-14-8-7-13(20(25)26)11-17(14)27-2/h3-8,11-12H,9-10H2,1-2H3,(H,21,23)(H,25,26). The normalized spacial score (nSPS) is 15.4. The van der Waals surface area contributed by atoms with Crippen molar-refractivity contribution in [3.63, 3.8) is 0 Å². The second-order valence-electron chi connectivity index (χ2n) is 6.24. The van der Waals surface area contributed by atoms with Crippen LogP contribution in [0.2, 0.25) is 0 Å². The number of hydrogen-bond acceptors (Lipinski definition) is 5. The van der Waals surface area contributed by atoms with Crippen LogP contribution < -0.4 is 19.7 Å². The summed E-state index contributed by atoms with van der Waals surface area (Å²) >= 11 is 0. The Morgan fingerprint density at radius 2 is 2.00 bits per heavy atom. The molecule has 0 saturated carbocycles. The van der Waals surface area contributed by atoms with Crippen molar-refractivity contribution >= 4 is 29.2 Å². The van der Waals surface area contributed by atoms with Crippen LogP contribution in [-0.2, 0) is 9.59 Å². The quantitative estimate of drug-likeness (QED) is 0.793. The fourth-order valence-electron chi connectivity index (χ4n) is 2.94. The van der Waals surface area contributed by atoms with Gasteiger partial charge < -0.3 is 24.8 Å². The highest BCUT2D eigenvalue weighted by Gasteiger charge is 2.31. The third-order valence-electron chi connectivity index (χ3n) is 4.36. The van der Waals surface area contributed by atoms with E-state index < -0.39 is 12.1 Å². The zero-order valence-corrected chi connectivity index (χ0v) is 15.5. The van der Waals surface area contributed by atoms with Crippen molar-refractivity contribution in [2.45, 2.75) is 19.4 Å². The lowest BCUT2D eigenvalue weighted by Gasteiger charge is -2.32. The van der Waals surface area contributed by atoms with E-state index in [1.807, 2.05) is 6.07 Å². The number of carboxylic acid groups (broad SMARTS) is 1. The third kappa shape index (κ3) is 3.90. The Balaban J connectivity index is 1.69. The predicted octanol–water partition coefficient (Wildman–Crippen LogP) is 2.54. The lowest BCUT2D eigenvalue weighted by molar-refractivity contribution is -0.125. The van der Waals surface area contributed by atoms with Gasteiger partial charge in [-0.3, -0.25) is 9.59 Å². The number of benzene rings is 2. The molecule has 0 aromatic heterocycles. The average Bonchev–Trinajstić information content (AvgIpc) is 2.68. The highest BCUT2D eigenvalue weighted by atomic mass is 16.5. The SMILES string of the molecule is COc1cc(C(=O)O)ccc1NC(=O)CCN1C(=O)C(C)Oc2ccccc21. The summed E-state index contributed by atoms with van der Waals surface area (Å²) in [6, 6.07) is 11.3. The van der Waals surface area contributed by atoms with E-state index in [4.69, 9.17) is 14.6 Å². The van der Waals surface area contributed by atoms with Gasteiger partial charge in [-0.1, -0.05) is 12.1 Å². The van der Waals surface area contributed by atoms with E-state index in [1.54, 1.807) is 25.1 Å². The number of ether oxygens (including phenoxy) is 2. The number of amides is 2. The van der Waals surface area contributed by atoms with Crippen molar-refractivity contribution in [2.75, 3.05) is 23.9 Å². The van der Waals surface area contributed by atoms with Gasteiger partial charge in [0.2, 0.25) is 5.91 Å². The molecule has 146 valence electrons. The number of hydrogen-bond donors (Lipinski definition) is 2. The maximum Gasteiger partial charge on any atom is 0.335 e. The van der Waals surface area contributed by atoms with Gasteiger partial charge in [-0.2, -0.15) is 0 Å². The Bertz CT molecular complexity index is 927. The Labute approximate surface area is 161 Å². The van der Waals surface area contributed by atoms with Gasteiger partial charge in [0.1, 0.15) is 11.5 Å². The van der Waals surface area contributed by atoms with Crippen molar-refractivity contribution in [3.8, 4) is 11.5 Å². The molecule has 2 aromatic carbocycles. The Kier molecular flexibility index (Phi) is 5.49. The van der Waals surface area contributed by atoms with Crippen LogP contribution in [0.1, 0.15) is 23.7 Å². The molecule has 8 heteroatoms. The zero-order chi connectivity index (χ0) is 20.3. The van der Waals surface area contributed by atoms with Crippen LogP contribution in [0.4, 0.5) is 11.4 Å². The molecular formula is C20H20N2O6. The van der Waals surface area contributed by atoms with Gasteiger partial charge in [-0.25, -0.2) is 4.79 Å². The highest BCUT2D eigenvalue weighted by Crippen LogP contribution is 2.33. The predicted molar refractivity (Wildman–Crippen MR) is 102 cm³/mol. The van der Waals surface area contributed by atoms with E-state index in [0.717, 1.165) is 0 Å². The first-order valence-electron chi connectivity index (χ1n) is 8.69. The summed E-state index contributed by atoms with van der Waals surface area (Å²) in [5.41, 5.74) is 1.04. The van der Waals surface area contributed by atoms with E-state index in [0.29, 0.717) is 17.1 Å². The van der Waals surface area contributed by atoms with E-state index in [1.165, 1.54) is 30.2 Å². The van der Waals surface area contributed by atoms with Crippen LogP contribution in [0.5, 0.6) is 11.5 Å². The maximum absolute atomic E-state index is 12.5. The van der Waals surface area contributed by atoms with E-state index in [9.17, 15) is 14.4 Å². The van der Waals surface area contributed by atoms with Gasteiger partial charge in [0.05, 0.1) is 24.0 Å². The molecule has 2 amide bonds. The van der Waals surface area contributed by atoms with Gasteiger partial charge in [-0.15, -0.1) is 0 Å². The molecule has 8 nitrogen and oxygen atoms in total. The molecule has 1 unspecified atom stereocenters. The number of fused-ring (bicyclic) bond motifs is 1. The third-order valence-corrected chi connectivity index (χ3v) is 4.36. The molecule has 1 atom stereocenters. The fourth-order valence-corrected chi connectivity index (χ4v) is 2.94. The van der Waals surface area contributed by atoms with Crippen molar-refractivity contribution in [3.05, 3.63) is 48.0 Å². The van der Waals surface area contributed by atoms with Crippen molar-refractivity contribution in [1.29, 1.82) is 0 Å². The van der Waals surface area contributed by atoms with E-state index in [-0.39, 0.29) is 36.1 Å². The molecule has 0 spiro atoms. The molecule has 0 radical (unpaired) electrons. The van der Waals surface area contributed by atoms with Crippen molar-refractivity contribution in [1.82, 2.24) is 0 Å². The molecule has 0 fully saturated rings. The number of anilines is 2. The number of carboxylic acids is 1. The molecule has 1 heterocycles. The average molecular weight is 384 g/mol. The molecular weight excluding hydrogens is 364 g/mol. The lowest BCUT2D eigenvalue weighted by atomic mass is 10.1. The Morgan fingerprint density at radius 3 is 2.71 bits per heavy atom. The second kappa shape index (κ2) is 7.99. The summed E-state index contributed by atoms with van der Waals surface area (Å²) in [6.45, 7) is 1.85. The molecule has 0 saturated heterocycles. The number of nitrogens with one attached hydrogen (secondary N) is 1. The number of methoxy groups -OCH3 is 1. The first-order chi connectivity index (χ1) is 13.4. The minimum Gasteiger partial charge on any atom is -0.495 e. The molecule has 1 aliphatic rings. The minimum absolute atomic E-state index is 0.0522. The second-order valence-corrected chi connectivity index (χ2v) is 6.24. The Morgan fingerprint density at radius 1 is 1.25 bits per heavy atom. The molecule has 2 N–H and O–H groups in total. The van der Waals surface area contributed by atoms with Crippen molar-refractivity contribution in [2.24, 2.45) is 0 Å². The molecule has 28 heavy (non-hydrogen) atoms. The van der Waals surface area contributed by atoms with Crippen molar-refractivity contribution < 1.29 is 29.0 Å². The monoisotopic (exact) mass is 384 g/mol. The van der Waals surface area contributed by atoms with Crippen LogP contribution in [0.3, 0.4) is 0 Å². The van der Waals surface area contributed by atoms with Gasteiger partial charge in [0.15, 0.2) is 6.10 Å². The molecule has 2 aromatic rings. The van der Waals surface area contributed by atoms with Crippen LogP contribution in [0.15, 0.2) is 42.5 Å². The summed E-state index contributed by atoms with van der Waals surface area (Å²) in [7, 11) is 1.39. The summed E-state index contributed by atoms with van der Waals surface area (Å²) in [6.07, 6.45) is -0.571. The zero-order valence-electron chi connectivity index (χ0n) is 15.5. The lowest BCUT2D eigenvalue weighted by Crippen LogP contribution is -2.45. The number of para-hydroxylation sites is 2. The topological polar surface area (TPSA) is 105 Å².